The first-order valence-corrected chi connectivity index (χ1v) is 14.6. The van der Waals surface area contributed by atoms with Crippen LogP contribution >= 0.6 is 11.3 Å². The number of aromatic nitrogens is 5. The maximum absolute atomic E-state index is 15.7. The predicted octanol–water partition coefficient (Wildman–Crippen LogP) is 7.60. The zero-order valence-electron chi connectivity index (χ0n) is 24.8. The van der Waals surface area contributed by atoms with Crippen molar-refractivity contribution in [2.45, 2.75) is 20.8 Å². The van der Waals surface area contributed by atoms with Gasteiger partial charge in [-0.1, -0.05) is 12.6 Å². The van der Waals surface area contributed by atoms with Crippen LogP contribution in [0.3, 0.4) is 0 Å². The van der Waals surface area contributed by atoms with E-state index in [1.165, 1.54) is 29.7 Å². The lowest BCUT2D eigenvalue weighted by atomic mass is 9.95. The van der Waals surface area contributed by atoms with Crippen LogP contribution < -0.4 is 15.8 Å². The molecule has 4 heterocycles. The summed E-state index contributed by atoms with van der Waals surface area (Å²) in [6.07, 6.45) is 6.68. The highest BCUT2D eigenvalue weighted by atomic mass is 32.1. The zero-order chi connectivity index (χ0) is 32.0. The average molecular weight is 624 g/mol. The summed E-state index contributed by atoms with van der Waals surface area (Å²) in [5.41, 5.74) is 12.0. The Morgan fingerprint density at radius 1 is 1.04 bits per heavy atom. The maximum atomic E-state index is 15.7. The van der Waals surface area contributed by atoms with Gasteiger partial charge in [0.25, 0.3) is 5.91 Å². The molecule has 0 saturated carbocycles. The fraction of sp³-hybridized carbons (Fsp3) is 0.121. The molecule has 0 aliphatic rings. The summed E-state index contributed by atoms with van der Waals surface area (Å²) in [5, 5.41) is 7.67. The van der Waals surface area contributed by atoms with E-state index in [2.05, 4.69) is 31.9 Å². The molecule has 3 N–H and O–H groups in total. The van der Waals surface area contributed by atoms with Gasteiger partial charge >= 0.3 is 6.01 Å². The standard InChI is InChI=1S/C33H27F2N7O2S/c1-16(2)32(43)41-21-6-7-22(17(3)10-21)29-26(27-30(45-29)23(14-38-31(27)36)20-13-39-42(5)15-20)19-11-24(34)28(25(35)12-19)44-33-37-9-8-18(4)40-33/h6-15H,1H2,2-5H3,(H2,36,38)(H,41,43). The van der Waals surface area contributed by atoms with Gasteiger partial charge in [0.15, 0.2) is 11.6 Å². The van der Waals surface area contributed by atoms with Crippen LogP contribution in [0.15, 0.2) is 73.3 Å². The number of hydrogen-bond acceptors (Lipinski definition) is 8. The van der Waals surface area contributed by atoms with Gasteiger partial charge in [-0.2, -0.15) is 5.10 Å². The van der Waals surface area contributed by atoms with Gasteiger partial charge in [-0.3, -0.25) is 9.48 Å². The Morgan fingerprint density at radius 2 is 1.80 bits per heavy atom. The number of nitrogens with one attached hydrogen (secondary N) is 1. The zero-order valence-corrected chi connectivity index (χ0v) is 25.6. The molecule has 0 spiro atoms. The molecule has 0 saturated heterocycles. The molecular weight excluding hydrogens is 596 g/mol. The van der Waals surface area contributed by atoms with Crippen LogP contribution in [0.1, 0.15) is 18.2 Å². The SMILES string of the molecule is C=C(C)C(=O)Nc1ccc(-c2sc3c(-c4cnn(C)c4)cnc(N)c3c2-c2cc(F)c(Oc3nccc(C)n3)c(F)c2)c(C)c1. The Balaban J connectivity index is 1.57. The number of benzene rings is 2. The van der Waals surface area contributed by atoms with Crippen molar-refractivity contribution in [3.8, 4) is 44.5 Å². The van der Waals surface area contributed by atoms with Gasteiger partial charge in [-0.05, 0) is 67.8 Å². The third-order valence-corrected chi connectivity index (χ3v) is 8.38. The number of amides is 1. The Hall–Kier alpha value is -5.49. The third-order valence-electron chi connectivity index (χ3n) is 7.13. The largest absolute Gasteiger partial charge is 0.418 e. The molecule has 0 radical (unpaired) electrons. The number of nitrogens with two attached hydrogens (primary N) is 1. The highest BCUT2D eigenvalue weighted by molar-refractivity contribution is 7.23. The lowest BCUT2D eigenvalue weighted by molar-refractivity contribution is -0.112. The fourth-order valence-corrected chi connectivity index (χ4v) is 6.41. The number of anilines is 2. The molecule has 2 aromatic carbocycles. The van der Waals surface area contributed by atoms with Gasteiger partial charge in [0.1, 0.15) is 5.82 Å². The molecule has 6 rings (SSSR count). The summed E-state index contributed by atoms with van der Waals surface area (Å²) < 4.78 is 39.2. The third kappa shape index (κ3) is 5.63. The topological polar surface area (TPSA) is 121 Å². The minimum Gasteiger partial charge on any atom is -0.418 e. The van der Waals surface area contributed by atoms with Crippen molar-refractivity contribution in [3.63, 3.8) is 0 Å². The predicted molar refractivity (Wildman–Crippen MR) is 172 cm³/mol. The lowest BCUT2D eigenvalue weighted by Crippen LogP contribution is -2.11. The van der Waals surface area contributed by atoms with E-state index < -0.39 is 17.4 Å². The molecule has 9 nitrogen and oxygen atoms in total. The highest BCUT2D eigenvalue weighted by Gasteiger charge is 2.25. The number of carbonyl (C=O) groups is 1. The first kappa shape index (κ1) is 29.6. The van der Waals surface area contributed by atoms with E-state index in [0.717, 1.165) is 27.0 Å². The molecule has 45 heavy (non-hydrogen) atoms. The average Bonchev–Trinajstić information content (AvgIpc) is 3.60. The van der Waals surface area contributed by atoms with Crippen molar-refractivity contribution in [2.24, 2.45) is 7.05 Å². The van der Waals surface area contributed by atoms with E-state index in [-0.39, 0.29) is 23.3 Å². The molecule has 6 aromatic rings. The van der Waals surface area contributed by atoms with Gasteiger partial charge < -0.3 is 15.8 Å². The summed E-state index contributed by atoms with van der Waals surface area (Å²) in [6, 6.07) is 9.32. The summed E-state index contributed by atoms with van der Waals surface area (Å²) in [5.74, 6) is -2.60. The monoisotopic (exact) mass is 623 g/mol. The molecule has 1 amide bonds. The van der Waals surface area contributed by atoms with Crippen molar-refractivity contribution in [3.05, 3.63) is 96.2 Å². The van der Waals surface area contributed by atoms with Crippen molar-refractivity contribution in [1.82, 2.24) is 24.7 Å². The second-order valence-electron chi connectivity index (χ2n) is 10.6. The minimum atomic E-state index is -0.940. The molecule has 0 fully saturated rings. The molecule has 12 heteroatoms. The van der Waals surface area contributed by atoms with Crippen LogP contribution in [0.4, 0.5) is 20.3 Å². The van der Waals surface area contributed by atoms with Gasteiger partial charge in [0.2, 0.25) is 5.75 Å². The Labute approximate surface area is 261 Å². The van der Waals surface area contributed by atoms with E-state index in [1.807, 2.05) is 32.3 Å². The van der Waals surface area contributed by atoms with E-state index in [9.17, 15) is 4.79 Å². The Morgan fingerprint density at radius 3 is 2.44 bits per heavy atom. The second-order valence-corrected chi connectivity index (χ2v) is 11.6. The van der Waals surface area contributed by atoms with Gasteiger partial charge in [-0.15, -0.1) is 11.3 Å². The maximum Gasteiger partial charge on any atom is 0.322 e. The quantitative estimate of drug-likeness (QED) is 0.176. The van der Waals surface area contributed by atoms with Crippen LogP contribution in [0, 0.1) is 25.5 Å². The number of ether oxygens (including phenoxy) is 1. The van der Waals surface area contributed by atoms with Crippen molar-refractivity contribution >= 4 is 38.8 Å². The number of nitrogen functional groups attached to an aromatic ring is 1. The summed E-state index contributed by atoms with van der Waals surface area (Å²) in [7, 11) is 1.81. The number of rotatable bonds is 7. The number of carbonyl (C=O) groups excluding carboxylic acids is 1. The molecule has 226 valence electrons. The van der Waals surface area contributed by atoms with Crippen molar-refractivity contribution in [1.29, 1.82) is 0 Å². The van der Waals surface area contributed by atoms with E-state index >= 15 is 8.78 Å². The normalized spacial score (nSPS) is 11.2. The number of nitrogens with zero attached hydrogens (tertiary/aromatic N) is 5. The first-order chi connectivity index (χ1) is 21.5. The fourth-order valence-electron chi connectivity index (χ4n) is 4.96. The van der Waals surface area contributed by atoms with Crippen LogP contribution in [0.2, 0.25) is 0 Å². The number of halogens is 2. The van der Waals surface area contributed by atoms with Gasteiger partial charge in [0, 0.05) is 74.2 Å². The molecule has 0 aliphatic heterocycles. The Bertz CT molecular complexity index is 2130. The molecule has 0 aliphatic carbocycles. The van der Waals surface area contributed by atoms with E-state index in [1.54, 1.807) is 43.1 Å². The van der Waals surface area contributed by atoms with Crippen molar-refractivity contribution < 1.29 is 18.3 Å². The highest BCUT2D eigenvalue weighted by Crippen LogP contribution is 2.50. The molecule has 0 unspecified atom stereocenters. The number of fused-ring (bicyclic) bond motifs is 1. The lowest BCUT2D eigenvalue weighted by Gasteiger charge is -2.13. The summed E-state index contributed by atoms with van der Waals surface area (Å²) >= 11 is 1.42. The van der Waals surface area contributed by atoms with Crippen molar-refractivity contribution in [2.75, 3.05) is 11.1 Å². The van der Waals surface area contributed by atoms with Crippen LogP contribution in [0.5, 0.6) is 11.8 Å². The smallest absolute Gasteiger partial charge is 0.322 e. The van der Waals surface area contributed by atoms with Gasteiger partial charge in [-0.25, -0.2) is 23.7 Å². The second kappa shape index (κ2) is 11.5. The molecular formula is C33H27F2N7O2S. The van der Waals surface area contributed by atoms with E-state index in [0.29, 0.717) is 32.8 Å². The number of pyridine rings is 1. The first-order valence-electron chi connectivity index (χ1n) is 13.7. The van der Waals surface area contributed by atoms with E-state index in [4.69, 9.17) is 10.5 Å². The summed E-state index contributed by atoms with van der Waals surface area (Å²) in [4.78, 5) is 25.5. The summed E-state index contributed by atoms with van der Waals surface area (Å²) in [6.45, 7) is 8.92. The van der Waals surface area contributed by atoms with Crippen LogP contribution in [-0.4, -0.2) is 30.6 Å². The molecule has 0 atom stereocenters. The molecule has 0 bridgehead atoms. The molecule has 4 aromatic heterocycles. The van der Waals surface area contributed by atoms with Crippen LogP contribution in [-0.2, 0) is 11.8 Å². The minimum absolute atomic E-state index is 0.175. The number of hydrogen-bond donors (Lipinski definition) is 2. The number of thiophene rings is 1. The number of aryl methyl sites for hydroxylation is 3. The van der Waals surface area contributed by atoms with Gasteiger partial charge in [0.05, 0.1) is 6.20 Å². The Kier molecular flexibility index (Phi) is 7.59. The van der Waals surface area contributed by atoms with Crippen LogP contribution in [0.25, 0.3) is 42.8 Å².